The fourth-order valence-electron chi connectivity index (χ4n) is 6.71. The Balaban J connectivity index is 4.47. The zero-order chi connectivity index (χ0) is 38.8. The molecule has 0 saturated heterocycles. The first-order valence-corrected chi connectivity index (χ1v) is 23.4. The lowest BCUT2D eigenvalue weighted by Gasteiger charge is -2.41. The van der Waals surface area contributed by atoms with Crippen molar-refractivity contribution in [1.29, 1.82) is 0 Å². The number of ether oxygens (including phenoxy) is 2. The van der Waals surface area contributed by atoms with Crippen LogP contribution in [0.5, 0.6) is 0 Å². The summed E-state index contributed by atoms with van der Waals surface area (Å²) in [4.78, 5) is 38.3. The molecule has 52 heavy (non-hydrogen) atoms. The molecule has 2 unspecified atom stereocenters. The second kappa shape index (κ2) is 34.3. The number of rotatable bonds is 38. The zero-order valence-corrected chi connectivity index (χ0v) is 35.9. The van der Waals surface area contributed by atoms with Crippen molar-refractivity contribution in [2.24, 2.45) is 0 Å². The Hall–Kier alpha value is -1.21. The summed E-state index contributed by atoms with van der Waals surface area (Å²) in [5.41, 5.74) is 0. The smallest absolute Gasteiger partial charge is 0.306 e. The van der Waals surface area contributed by atoms with Crippen LogP contribution in [0.25, 0.3) is 0 Å². The van der Waals surface area contributed by atoms with Gasteiger partial charge < -0.3 is 27.9 Å². The van der Waals surface area contributed by atoms with Gasteiger partial charge in [0.15, 0.2) is 19.5 Å². The first-order valence-electron chi connectivity index (χ1n) is 21.7. The molecule has 0 heterocycles. The van der Waals surface area contributed by atoms with Crippen LogP contribution in [0.3, 0.4) is 0 Å². The Kier molecular flexibility index (Phi) is 33.5. The summed E-state index contributed by atoms with van der Waals surface area (Å²) in [6.45, 7) is 5.73. The number of quaternary nitrogens is 1. The predicted octanol–water partition coefficient (Wildman–Crippen LogP) is 12.0. The highest BCUT2D eigenvalue weighted by atomic mass is 31.2. The Morgan fingerprint density at radius 3 is 1.40 bits per heavy atom. The average Bonchev–Trinajstić information content (AvgIpc) is 3.09. The molecule has 3 atom stereocenters. The number of carbonyl (C=O) groups is 2. The molecule has 0 aliphatic rings. The van der Waals surface area contributed by atoms with Crippen LogP contribution in [-0.2, 0) is 28.2 Å². The van der Waals surface area contributed by atoms with Crippen LogP contribution in [0.2, 0.25) is 0 Å². The lowest BCUT2D eigenvalue weighted by atomic mass is 10.0. The molecule has 0 radical (unpaired) electrons. The minimum atomic E-state index is -4.28. The van der Waals surface area contributed by atoms with Crippen molar-refractivity contribution in [1.82, 2.24) is 0 Å². The Labute approximate surface area is 321 Å². The highest BCUT2D eigenvalue weighted by Crippen LogP contribution is 2.47. The van der Waals surface area contributed by atoms with Crippen molar-refractivity contribution in [3.63, 3.8) is 0 Å². The summed E-state index contributed by atoms with van der Waals surface area (Å²) in [6.07, 6.45) is 35.9. The van der Waals surface area contributed by atoms with E-state index in [2.05, 4.69) is 26.0 Å². The molecule has 0 aromatic heterocycles. The lowest BCUT2D eigenvalue weighted by Crippen LogP contribution is -2.47. The molecule has 0 saturated carbocycles. The number of esters is 2. The van der Waals surface area contributed by atoms with Crippen LogP contribution in [0.1, 0.15) is 207 Å². The largest absolute Gasteiger partial charge is 0.774 e. The van der Waals surface area contributed by atoms with Gasteiger partial charge in [0, 0.05) is 19.3 Å². The third kappa shape index (κ3) is 31.2. The van der Waals surface area contributed by atoms with E-state index < -0.39 is 25.5 Å². The van der Waals surface area contributed by atoms with Gasteiger partial charge in [-0.05, 0) is 38.5 Å². The van der Waals surface area contributed by atoms with Crippen LogP contribution in [-0.4, -0.2) is 62.7 Å². The monoisotopic (exact) mass is 758 g/mol. The summed E-state index contributed by atoms with van der Waals surface area (Å²) in [5.74, 6) is -1.53. The fourth-order valence-corrected chi connectivity index (χ4v) is 8.56. The lowest BCUT2D eigenvalue weighted by molar-refractivity contribution is -0.884. The van der Waals surface area contributed by atoms with Gasteiger partial charge in [0.1, 0.15) is 6.61 Å². The van der Waals surface area contributed by atoms with Crippen molar-refractivity contribution >= 4 is 19.5 Å². The number of carbonyl (C=O) groups excluding carboxylic acids is 2. The van der Waals surface area contributed by atoms with Gasteiger partial charge >= 0.3 is 11.9 Å². The van der Waals surface area contributed by atoms with Crippen LogP contribution >= 0.6 is 7.60 Å². The van der Waals surface area contributed by atoms with Crippen molar-refractivity contribution in [2.45, 2.75) is 219 Å². The van der Waals surface area contributed by atoms with Gasteiger partial charge in [-0.15, -0.1) is 0 Å². The Bertz CT molecular complexity index is 920. The van der Waals surface area contributed by atoms with E-state index in [-0.39, 0.29) is 30.1 Å². The molecule has 0 aromatic rings. The highest BCUT2D eigenvalue weighted by Gasteiger charge is 2.34. The molecule has 0 fully saturated rings. The number of unbranched alkanes of at least 4 members (excludes halogenated alkanes) is 23. The maximum absolute atomic E-state index is 13.0. The van der Waals surface area contributed by atoms with Crippen LogP contribution in [0.4, 0.5) is 0 Å². The predicted molar refractivity (Wildman–Crippen MR) is 216 cm³/mol. The van der Waals surface area contributed by atoms with Gasteiger partial charge in [-0.3, -0.25) is 9.59 Å². The van der Waals surface area contributed by atoms with E-state index in [1.807, 2.05) is 28.1 Å². The van der Waals surface area contributed by atoms with Gasteiger partial charge in [-0.25, -0.2) is 0 Å². The first kappa shape index (κ1) is 50.8. The molecule has 0 spiro atoms. The Morgan fingerprint density at radius 1 is 0.577 bits per heavy atom. The second-order valence-electron chi connectivity index (χ2n) is 16.0. The van der Waals surface area contributed by atoms with Crippen LogP contribution in [0, 0.1) is 0 Å². The first-order chi connectivity index (χ1) is 25.0. The number of allylic oxidation sites excluding steroid dienone is 2. The van der Waals surface area contributed by atoms with E-state index in [1.165, 1.54) is 122 Å². The maximum Gasteiger partial charge on any atom is 0.306 e. The minimum absolute atomic E-state index is 0.198. The molecule has 0 bridgehead atoms. The van der Waals surface area contributed by atoms with Crippen LogP contribution in [0.15, 0.2) is 12.2 Å². The second-order valence-corrected chi connectivity index (χ2v) is 17.9. The van der Waals surface area contributed by atoms with E-state index in [4.69, 9.17) is 14.0 Å². The molecule has 308 valence electrons. The summed E-state index contributed by atoms with van der Waals surface area (Å²) < 4.78 is 29.7. The summed E-state index contributed by atoms with van der Waals surface area (Å²) >= 11 is 0. The third-order valence-electron chi connectivity index (χ3n) is 9.92. The Morgan fingerprint density at radius 2 is 0.962 bits per heavy atom. The molecular formula is C43H84NO7P. The van der Waals surface area contributed by atoms with E-state index in [1.54, 1.807) is 0 Å². The molecule has 9 heteroatoms. The maximum atomic E-state index is 13.0. The van der Waals surface area contributed by atoms with Gasteiger partial charge in [0.25, 0.3) is 0 Å². The van der Waals surface area contributed by atoms with E-state index in [0.29, 0.717) is 19.3 Å². The SMILES string of the molecule is CCCCCCCCC/C=C\CCCCC(=O)O[C@H](COC(=O)CCCCCCCCCCCCCCCCC)COP(=O)([O-])C(CC)[N+](C)(C)C. The number of nitrogens with zero attached hydrogens (tertiary/aromatic N) is 1. The third-order valence-corrected chi connectivity index (χ3v) is 12.2. The molecule has 0 rings (SSSR count). The summed E-state index contributed by atoms with van der Waals surface area (Å²) in [6, 6.07) is 0. The van der Waals surface area contributed by atoms with Crippen LogP contribution < -0.4 is 4.89 Å². The minimum Gasteiger partial charge on any atom is -0.774 e. The molecular weight excluding hydrogens is 673 g/mol. The quantitative estimate of drug-likeness (QED) is 0.0203. The van der Waals surface area contributed by atoms with Gasteiger partial charge in [0.05, 0.1) is 27.7 Å². The molecule has 0 aliphatic carbocycles. The topological polar surface area (TPSA) is 102 Å². The molecule has 0 aromatic carbocycles. The standard InChI is InChI=1S/C43H84NO7P/c1-7-10-12-14-16-18-20-22-23-25-26-28-30-32-34-36-42(45)49-38-40(39-50-52(47,48)41(9-3)44(4,5)6)51-43(46)37-35-33-31-29-27-24-21-19-17-15-13-11-8-2/h27,29,40-41H,7-26,28,30-39H2,1-6H3/b29-27-/t40-,41?/m1/s1. The van der Waals surface area contributed by atoms with E-state index in [9.17, 15) is 19.0 Å². The average molecular weight is 758 g/mol. The molecule has 0 aliphatic heterocycles. The van der Waals surface area contributed by atoms with E-state index >= 15 is 0 Å². The summed E-state index contributed by atoms with van der Waals surface area (Å²) in [7, 11) is 1.15. The number of hydrogen-bond acceptors (Lipinski definition) is 7. The molecule has 8 nitrogen and oxygen atoms in total. The molecule has 0 N–H and O–H groups in total. The van der Waals surface area contributed by atoms with Gasteiger partial charge in [0.2, 0.25) is 0 Å². The highest BCUT2D eigenvalue weighted by molar-refractivity contribution is 7.51. The number of hydrogen-bond donors (Lipinski definition) is 0. The van der Waals surface area contributed by atoms with Crippen molar-refractivity contribution < 1.29 is 37.5 Å². The van der Waals surface area contributed by atoms with Crippen molar-refractivity contribution in [3.05, 3.63) is 12.2 Å². The van der Waals surface area contributed by atoms with Crippen molar-refractivity contribution in [3.8, 4) is 0 Å². The zero-order valence-electron chi connectivity index (χ0n) is 35.0. The van der Waals surface area contributed by atoms with Gasteiger partial charge in [-0.2, -0.15) is 0 Å². The fraction of sp³-hybridized carbons (Fsp3) is 0.907. The summed E-state index contributed by atoms with van der Waals surface area (Å²) in [5, 5.41) is 0. The van der Waals surface area contributed by atoms with Crippen molar-refractivity contribution in [2.75, 3.05) is 34.4 Å². The van der Waals surface area contributed by atoms with Gasteiger partial charge in [-0.1, -0.05) is 161 Å². The molecule has 0 amide bonds. The van der Waals surface area contributed by atoms with E-state index in [0.717, 1.165) is 38.5 Å². The normalized spacial score (nSPS) is 14.4.